The SMILES string of the molecule is O=C1CCC(n2c(CO)n[nH]c2=S)C(=O)N1. The second kappa shape index (κ2) is 4.14. The van der Waals surface area contributed by atoms with Crippen molar-refractivity contribution >= 4 is 24.0 Å². The lowest BCUT2D eigenvalue weighted by Crippen LogP contribution is -2.42. The Morgan fingerprint density at radius 1 is 1.56 bits per heavy atom. The van der Waals surface area contributed by atoms with E-state index in [9.17, 15) is 9.59 Å². The molecule has 0 bridgehead atoms. The van der Waals surface area contributed by atoms with Gasteiger partial charge in [-0.05, 0) is 18.6 Å². The highest BCUT2D eigenvalue weighted by molar-refractivity contribution is 7.71. The molecule has 0 saturated carbocycles. The minimum absolute atomic E-state index is 0.258. The number of H-pyrrole nitrogens is 1. The van der Waals surface area contributed by atoms with Gasteiger partial charge in [0.1, 0.15) is 12.6 Å². The van der Waals surface area contributed by atoms with Crippen LogP contribution in [0.25, 0.3) is 0 Å². The summed E-state index contributed by atoms with van der Waals surface area (Å²) < 4.78 is 1.70. The molecule has 16 heavy (non-hydrogen) atoms. The van der Waals surface area contributed by atoms with E-state index in [1.165, 1.54) is 4.57 Å². The molecule has 1 aromatic rings. The molecule has 2 heterocycles. The Morgan fingerprint density at radius 2 is 2.31 bits per heavy atom. The van der Waals surface area contributed by atoms with Crippen LogP contribution in [-0.4, -0.2) is 31.7 Å². The van der Waals surface area contributed by atoms with Crippen LogP contribution in [0.3, 0.4) is 0 Å². The van der Waals surface area contributed by atoms with Crippen molar-refractivity contribution in [1.82, 2.24) is 20.1 Å². The molecule has 0 aliphatic carbocycles. The lowest BCUT2D eigenvalue weighted by atomic mass is 10.1. The molecule has 1 fully saturated rings. The fraction of sp³-hybridized carbons (Fsp3) is 0.500. The first-order valence-electron chi connectivity index (χ1n) is 4.74. The van der Waals surface area contributed by atoms with Crippen LogP contribution in [0.2, 0.25) is 0 Å². The average Bonchev–Trinajstić information content (AvgIpc) is 2.60. The van der Waals surface area contributed by atoms with Crippen molar-refractivity contribution < 1.29 is 14.7 Å². The second-order valence-electron chi connectivity index (χ2n) is 3.44. The van der Waals surface area contributed by atoms with Crippen LogP contribution in [0, 0.1) is 4.77 Å². The fourth-order valence-corrected chi connectivity index (χ4v) is 1.98. The molecular weight excluding hydrogens is 232 g/mol. The molecular formula is C8H10N4O3S. The maximum atomic E-state index is 11.6. The van der Waals surface area contributed by atoms with Gasteiger partial charge in [0.05, 0.1) is 0 Å². The Labute approximate surface area is 95.5 Å². The van der Waals surface area contributed by atoms with Gasteiger partial charge in [-0.1, -0.05) is 0 Å². The Bertz CT molecular complexity index is 492. The number of aliphatic hydroxyl groups is 1. The largest absolute Gasteiger partial charge is 0.388 e. The predicted molar refractivity (Wildman–Crippen MR) is 54.8 cm³/mol. The number of piperidine rings is 1. The molecule has 1 atom stereocenters. The van der Waals surface area contributed by atoms with Crippen LogP contribution in [-0.2, 0) is 16.2 Å². The summed E-state index contributed by atoms with van der Waals surface area (Å²) in [6.07, 6.45) is 0.625. The molecule has 2 rings (SSSR count). The monoisotopic (exact) mass is 242 g/mol. The van der Waals surface area contributed by atoms with E-state index in [0.717, 1.165) is 0 Å². The van der Waals surface area contributed by atoms with Gasteiger partial charge in [-0.15, -0.1) is 0 Å². The number of nitrogens with zero attached hydrogens (tertiary/aromatic N) is 2. The summed E-state index contributed by atoms with van der Waals surface area (Å²) >= 11 is 4.97. The van der Waals surface area contributed by atoms with Gasteiger partial charge in [0.2, 0.25) is 11.8 Å². The highest BCUT2D eigenvalue weighted by Crippen LogP contribution is 2.20. The summed E-state index contributed by atoms with van der Waals surface area (Å²) in [6, 6.07) is -0.578. The van der Waals surface area contributed by atoms with E-state index in [0.29, 0.717) is 12.2 Å². The molecule has 2 amide bonds. The lowest BCUT2D eigenvalue weighted by molar-refractivity contribution is -0.135. The molecule has 86 valence electrons. The third-order valence-electron chi connectivity index (χ3n) is 2.44. The summed E-state index contributed by atoms with van der Waals surface area (Å²) in [5.74, 6) is -0.412. The smallest absolute Gasteiger partial charge is 0.249 e. The molecule has 1 unspecified atom stereocenters. The van der Waals surface area contributed by atoms with E-state index < -0.39 is 11.9 Å². The predicted octanol–water partition coefficient (Wildman–Crippen LogP) is -0.589. The zero-order valence-electron chi connectivity index (χ0n) is 8.27. The number of aromatic nitrogens is 3. The van der Waals surface area contributed by atoms with Crippen molar-refractivity contribution in [1.29, 1.82) is 0 Å². The summed E-state index contributed by atoms with van der Waals surface area (Å²) in [7, 11) is 0. The van der Waals surface area contributed by atoms with Crippen molar-refractivity contribution in [3.8, 4) is 0 Å². The van der Waals surface area contributed by atoms with E-state index in [-0.39, 0.29) is 23.7 Å². The van der Waals surface area contributed by atoms with Gasteiger partial charge in [0.15, 0.2) is 10.6 Å². The maximum Gasteiger partial charge on any atom is 0.249 e. The number of rotatable bonds is 2. The lowest BCUT2D eigenvalue weighted by Gasteiger charge is -2.22. The quantitative estimate of drug-likeness (QED) is 0.475. The molecule has 1 saturated heterocycles. The van der Waals surface area contributed by atoms with Crippen LogP contribution in [0.15, 0.2) is 0 Å². The minimum Gasteiger partial charge on any atom is -0.388 e. The van der Waals surface area contributed by atoms with E-state index in [4.69, 9.17) is 17.3 Å². The molecule has 1 aromatic heterocycles. The number of hydrogen-bond acceptors (Lipinski definition) is 5. The van der Waals surface area contributed by atoms with Crippen molar-refractivity contribution in [3.05, 3.63) is 10.6 Å². The number of imide groups is 1. The summed E-state index contributed by atoms with van der Waals surface area (Å²) in [4.78, 5) is 22.6. The number of nitrogens with one attached hydrogen (secondary N) is 2. The molecule has 8 heteroatoms. The normalized spacial score (nSPS) is 20.9. The first-order chi connectivity index (χ1) is 7.63. The number of carbonyl (C=O) groups is 2. The average molecular weight is 242 g/mol. The summed E-state index contributed by atoms with van der Waals surface area (Å²) in [5.41, 5.74) is 0. The van der Waals surface area contributed by atoms with Gasteiger partial charge < -0.3 is 5.11 Å². The Balaban J connectivity index is 2.37. The molecule has 0 aromatic carbocycles. The number of hydrogen-bond donors (Lipinski definition) is 3. The zero-order chi connectivity index (χ0) is 11.7. The Hall–Kier alpha value is -1.54. The molecule has 3 N–H and O–H groups in total. The van der Waals surface area contributed by atoms with Crippen molar-refractivity contribution in [2.45, 2.75) is 25.5 Å². The van der Waals surface area contributed by atoms with Gasteiger partial charge in [-0.2, -0.15) is 5.10 Å². The topological polar surface area (TPSA) is 100 Å². The van der Waals surface area contributed by atoms with Crippen LogP contribution in [0.4, 0.5) is 0 Å². The van der Waals surface area contributed by atoms with Crippen LogP contribution >= 0.6 is 12.2 Å². The van der Waals surface area contributed by atoms with Crippen LogP contribution in [0.1, 0.15) is 24.7 Å². The van der Waals surface area contributed by atoms with E-state index in [1.807, 2.05) is 0 Å². The Kier molecular flexibility index (Phi) is 2.84. The number of aromatic amines is 1. The number of aliphatic hydroxyl groups excluding tert-OH is 1. The molecule has 1 aliphatic heterocycles. The van der Waals surface area contributed by atoms with Gasteiger partial charge in [-0.25, -0.2) is 0 Å². The number of amides is 2. The summed E-state index contributed by atoms with van der Waals surface area (Å²) in [5, 5.41) is 17.6. The van der Waals surface area contributed by atoms with Crippen molar-refractivity contribution in [3.63, 3.8) is 0 Å². The molecule has 7 nitrogen and oxygen atoms in total. The first kappa shape index (κ1) is 11.0. The van der Waals surface area contributed by atoms with E-state index in [1.54, 1.807) is 0 Å². The minimum atomic E-state index is -0.578. The van der Waals surface area contributed by atoms with Crippen molar-refractivity contribution in [2.24, 2.45) is 0 Å². The molecule has 0 spiro atoms. The van der Waals surface area contributed by atoms with Crippen LogP contribution in [0.5, 0.6) is 0 Å². The highest BCUT2D eigenvalue weighted by Gasteiger charge is 2.30. The molecule has 0 radical (unpaired) electrons. The van der Waals surface area contributed by atoms with Crippen LogP contribution < -0.4 is 5.32 Å². The van der Waals surface area contributed by atoms with Gasteiger partial charge >= 0.3 is 0 Å². The summed E-state index contributed by atoms with van der Waals surface area (Å²) in [6.45, 7) is -0.315. The van der Waals surface area contributed by atoms with Gasteiger partial charge in [-0.3, -0.25) is 24.6 Å². The highest BCUT2D eigenvalue weighted by atomic mass is 32.1. The standard InChI is InChI=1S/C8H10N4O3S/c13-3-5-10-11-8(16)12(5)4-1-2-6(14)9-7(4)15/h4,13H,1-3H2,(H,11,16)(H,9,14,15). The second-order valence-corrected chi connectivity index (χ2v) is 3.83. The number of carbonyl (C=O) groups excluding carboxylic acids is 2. The third kappa shape index (κ3) is 1.76. The zero-order valence-corrected chi connectivity index (χ0v) is 9.08. The molecule has 1 aliphatic rings. The third-order valence-corrected chi connectivity index (χ3v) is 2.73. The van der Waals surface area contributed by atoms with E-state index >= 15 is 0 Å². The Morgan fingerprint density at radius 3 is 2.94 bits per heavy atom. The van der Waals surface area contributed by atoms with Crippen molar-refractivity contribution in [2.75, 3.05) is 0 Å². The maximum absolute atomic E-state index is 11.6. The van der Waals surface area contributed by atoms with Gasteiger partial charge in [0.25, 0.3) is 0 Å². The fourth-order valence-electron chi connectivity index (χ4n) is 1.70. The van der Waals surface area contributed by atoms with Gasteiger partial charge in [0, 0.05) is 6.42 Å². The first-order valence-corrected chi connectivity index (χ1v) is 5.14. The van der Waals surface area contributed by atoms with E-state index in [2.05, 4.69) is 15.5 Å².